The van der Waals surface area contributed by atoms with Gasteiger partial charge in [0.15, 0.2) is 5.82 Å². The van der Waals surface area contributed by atoms with Gasteiger partial charge in [0, 0.05) is 23.7 Å². The third-order valence-corrected chi connectivity index (χ3v) is 6.78. The second-order valence-electron chi connectivity index (χ2n) is 9.04. The summed E-state index contributed by atoms with van der Waals surface area (Å²) in [6, 6.07) is 7.14. The van der Waals surface area contributed by atoms with Crippen LogP contribution in [0.25, 0.3) is 11.3 Å². The molecule has 154 valence electrons. The molecule has 2 fully saturated rings. The Bertz CT molecular complexity index is 893. The van der Waals surface area contributed by atoms with E-state index in [1.807, 2.05) is 0 Å². The van der Waals surface area contributed by atoms with Crippen molar-refractivity contribution in [2.75, 3.05) is 32.6 Å². The Labute approximate surface area is 173 Å². The zero-order chi connectivity index (χ0) is 19.8. The second-order valence-corrected chi connectivity index (χ2v) is 9.04. The molecular formula is C24H32N4O. The highest BCUT2D eigenvalue weighted by atomic mass is 16.5. The van der Waals surface area contributed by atoms with Crippen LogP contribution in [-0.4, -0.2) is 48.4 Å². The van der Waals surface area contributed by atoms with Crippen molar-refractivity contribution >= 4 is 5.82 Å². The summed E-state index contributed by atoms with van der Waals surface area (Å²) in [5, 5.41) is 13.2. The van der Waals surface area contributed by atoms with Gasteiger partial charge in [0.1, 0.15) is 11.4 Å². The van der Waals surface area contributed by atoms with Crippen LogP contribution < -0.4 is 10.1 Å². The van der Waals surface area contributed by atoms with E-state index < -0.39 is 0 Å². The number of ether oxygens (including phenoxy) is 1. The lowest BCUT2D eigenvalue weighted by molar-refractivity contribution is 0.260. The predicted octanol–water partition coefficient (Wildman–Crippen LogP) is 4.41. The molecule has 1 saturated carbocycles. The fraction of sp³-hybridized carbons (Fsp3) is 0.583. The summed E-state index contributed by atoms with van der Waals surface area (Å²) in [6.45, 7) is 2.27. The Kier molecular flexibility index (Phi) is 5.17. The number of hydrogen-bond donors (Lipinski definition) is 1. The van der Waals surface area contributed by atoms with E-state index in [-0.39, 0.29) is 0 Å². The monoisotopic (exact) mass is 392 g/mol. The van der Waals surface area contributed by atoms with Gasteiger partial charge in [-0.25, -0.2) is 0 Å². The van der Waals surface area contributed by atoms with E-state index in [1.54, 1.807) is 7.11 Å². The van der Waals surface area contributed by atoms with Crippen LogP contribution in [0.1, 0.15) is 61.1 Å². The average molecular weight is 393 g/mol. The number of piperidine rings is 1. The zero-order valence-corrected chi connectivity index (χ0v) is 17.7. The lowest BCUT2D eigenvalue weighted by Gasteiger charge is -2.31. The molecule has 0 bridgehead atoms. The minimum atomic E-state index is 0.465. The maximum absolute atomic E-state index is 5.78. The van der Waals surface area contributed by atoms with Crippen molar-refractivity contribution in [3.8, 4) is 17.0 Å². The number of benzene rings is 1. The molecule has 5 nitrogen and oxygen atoms in total. The van der Waals surface area contributed by atoms with E-state index in [0.717, 1.165) is 48.1 Å². The van der Waals surface area contributed by atoms with Gasteiger partial charge in [-0.15, -0.1) is 10.2 Å². The van der Waals surface area contributed by atoms with Crippen molar-refractivity contribution < 1.29 is 4.74 Å². The van der Waals surface area contributed by atoms with Crippen LogP contribution in [0.4, 0.5) is 5.82 Å². The molecule has 2 heterocycles. The number of anilines is 1. The van der Waals surface area contributed by atoms with Gasteiger partial charge in [-0.3, -0.25) is 0 Å². The molecular weight excluding hydrogens is 360 g/mol. The molecule has 1 atom stereocenters. The van der Waals surface area contributed by atoms with Crippen LogP contribution in [0.3, 0.4) is 0 Å². The highest BCUT2D eigenvalue weighted by Gasteiger charge is 2.27. The zero-order valence-electron chi connectivity index (χ0n) is 17.7. The number of aromatic nitrogens is 2. The van der Waals surface area contributed by atoms with Crippen LogP contribution in [-0.2, 0) is 12.8 Å². The number of rotatable bonds is 5. The van der Waals surface area contributed by atoms with Crippen LogP contribution in [0.2, 0.25) is 0 Å². The van der Waals surface area contributed by atoms with Gasteiger partial charge in [0.25, 0.3) is 0 Å². The summed E-state index contributed by atoms with van der Waals surface area (Å²) in [5.41, 5.74) is 6.25. The van der Waals surface area contributed by atoms with Crippen LogP contribution in [0, 0.1) is 0 Å². The highest BCUT2D eigenvalue weighted by Crippen LogP contribution is 2.44. The smallest absolute Gasteiger partial charge is 0.152 e. The van der Waals surface area contributed by atoms with Gasteiger partial charge in [0.2, 0.25) is 0 Å². The van der Waals surface area contributed by atoms with Gasteiger partial charge in [0.05, 0.1) is 7.11 Å². The molecule has 1 saturated heterocycles. The van der Waals surface area contributed by atoms with E-state index in [2.05, 4.69) is 35.5 Å². The van der Waals surface area contributed by atoms with Crippen molar-refractivity contribution in [2.45, 2.75) is 63.3 Å². The number of likely N-dealkylation sites (tertiary alicyclic amines) is 1. The first-order chi connectivity index (χ1) is 14.2. The Balaban J connectivity index is 1.50. The molecule has 1 aliphatic heterocycles. The summed E-state index contributed by atoms with van der Waals surface area (Å²) in [5.74, 6) is 2.67. The fourth-order valence-electron chi connectivity index (χ4n) is 5.03. The Morgan fingerprint density at radius 3 is 2.62 bits per heavy atom. The molecule has 0 spiro atoms. The molecule has 0 radical (unpaired) electrons. The molecule has 1 N–H and O–H groups in total. The Morgan fingerprint density at radius 2 is 1.86 bits per heavy atom. The number of hydrogen-bond acceptors (Lipinski definition) is 5. The summed E-state index contributed by atoms with van der Waals surface area (Å²) >= 11 is 0. The van der Waals surface area contributed by atoms with Crippen molar-refractivity contribution in [1.29, 1.82) is 0 Å². The largest absolute Gasteiger partial charge is 0.496 e. The minimum absolute atomic E-state index is 0.465. The number of nitrogens with one attached hydrogen (secondary N) is 1. The minimum Gasteiger partial charge on any atom is -0.496 e. The van der Waals surface area contributed by atoms with Crippen LogP contribution in [0.5, 0.6) is 5.75 Å². The maximum Gasteiger partial charge on any atom is 0.152 e. The molecule has 3 aliphatic rings. The van der Waals surface area contributed by atoms with Crippen molar-refractivity contribution in [2.24, 2.45) is 0 Å². The molecule has 5 rings (SSSR count). The third kappa shape index (κ3) is 3.85. The Hall–Kier alpha value is -2.14. The number of nitrogens with zero attached hydrogens (tertiary/aromatic N) is 3. The van der Waals surface area contributed by atoms with Crippen molar-refractivity contribution in [3.05, 3.63) is 34.9 Å². The van der Waals surface area contributed by atoms with E-state index in [9.17, 15) is 0 Å². The third-order valence-electron chi connectivity index (χ3n) is 6.78. The highest BCUT2D eigenvalue weighted by molar-refractivity contribution is 5.73. The van der Waals surface area contributed by atoms with Gasteiger partial charge in [-0.2, -0.15) is 0 Å². The molecule has 2 aliphatic carbocycles. The van der Waals surface area contributed by atoms with E-state index in [1.165, 1.54) is 61.8 Å². The van der Waals surface area contributed by atoms with E-state index in [4.69, 9.17) is 14.9 Å². The topological polar surface area (TPSA) is 50.3 Å². The molecule has 1 aromatic heterocycles. The normalized spacial score (nSPS) is 22.2. The molecule has 2 aromatic rings. The molecule has 0 amide bonds. The molecule has 1 unspecified atom stereocenters. The SMILES string of the molecule is COc1cc(C2CC2)ccc1-c1nnc(NC2CCCN(C)C2)c2c1CCCC2. The number of likely N-dealkylation sites (N-methyl/N-ethyl adjacent to an activating group) is 1. The van der Waals surface area contributed by atoms with Gasteiger partial charge >= 0.3 is 0 Å². The quantitative estimate of drug-likeness (QED) is 0.817. The van der Waals surface area contributed by atoms with Crippen LogP contribution in [0.15, 0.2) is 18.2 Å². The lowest BCUT2D eigenvalue weighted by Crippen LogP contribution is -2.40. The average Bonchev–Trinajstić information content (AvgIpc) is 3.59. The van der Waals surface area contributed by atoms with Gasteiger partial charge in [-0.05, 0) is 94.1 Å². The van der Waals surface area contributed by atoms with Gasteiger partial charge < -0.3 is 15.0 Å². The van der Waals surface area contributed by atoms with Crippen LogP contribution >= 0.6 is 0 Å². The first-order valence-electron chi connectivity index (χ1n) is 11.2. The fourth-order valence-corrected chi connectivity index (χ4v) is 5.03. The molecule has 5 heteroatoms. The predicted molar refractivity (Wildman–Crippen MR) is 117 cm³/mol. The Morgan fingerprint density at radius 1 is 1.03 bits per heavy atom. The molecule has 29 heavy (non-hydrogen) atoms. The first kappa shape index (κ1) is 18.9. The summed E-state index contributed by atoms with van der Waals surface area (Å²) in [7, 11) is 3.97. The standard InChI is InChI=1S/C24H32N4O/c1-28-13-5-6-18(15-28)25-24-20-8-4-3-7-19(20)23(26-27-24)21-12-11-17(16-9-10-16)14-22(21)29-2/h11-12,14,16,18H,3-10,13,15H2,1-2H3,(H,25,27). The molecule has 1 aromatic carbocycles. The maximum atomic E-state index is 5.78. The summed E-state index contributed by atoms with van der Waals surface area (Å²) in [6.07, 6.45) is 9.67. The second kappa shape index (κ2) is 7.94. The van der Waals surface area contributed by atoms with Crippen molar-refractivity contribution in [1.82, 2.24) is 15.1 Å². The first-order valence-corrected chi connectivity index (χ1v) is 11.2. The van der Waals surface area contributed by atoms with E-state index >= 15 is 0 Å². The number of fused-ring (bicyclic) bond motifs is 1. The van der Waals surface area contributed by atoms with E-state index in [0.29, 0.717) is 6.04 Å². The summed E-state index contributed by atoms with van der Waals surface area (Å²) in [4.78, 5) is 2.40. The van der Waals surface area contributed by atoms with Crippen molar-refractivity contribution in [3.63, 3.8) is 0 Å². The van der Waals surface area contributed by atoms with Gasteiger partial charge in [-0.1, -0.05) is 6.07 Å². The number of methoxy groups -OCH3 is 1. The lowest BCUT2D eigenvalue weighted by atomic mass is 9.88. The summed E-state index contributed by atoms with van der Waals surface area (Å²) < 4.78 is 5.78.